The van der Waals surface area contributed by atoms with Crippen LogP contribution in [0.1, 0.15) is 49.9 Å². The molecule has 6 heteroatoms. The van der Waals surface area contributed by atoms with Crippen molar-refractivity contribution in [2.24, 2.45) is 0 Å². The van der Waals surface area contributed by atoms with Crippen molar-refractivity contribution in [3.63, 3.8) is 0 Å². The lowest BCUT2D eigenvalue weighted by molar-refractivity contribution is -0.0347. The molecular weight excluding hydrogens is 350 g/mol. The zero-order valence-electron chi connectivity index (χ0n) is 14.6. The molecule has 1 aliphatic heterocycles. The quantitative estimate of drug-likeness (QED) is 0.748. The van der Waals surface area contributed by atoms with Gasteiger partial charge in [0.1, 0.15) is 11.3 Å². The van der Waals surface area contributed by atoms with Gasteiger partial charge in [0.2, 0.25) is 0 Å². The third kappa shape index (κ3) is 2.61. The third-order valence-corrected chi connectivity index (χ3v) is 6.12. The molecule has 3 heterocycles. The molecule has 2 aliphatic rings. The van der Waals surface area contributed by atoms with E-state index in [1.165, 1.54) is 25.1 Å². The summed E-state index contributed by atoms with van der Waals surface area (Å²) in [5, 5.41) is 11.4. The Morgan fingerprint density at radius 2 is 2.12 bits per heavy atom. The van der Waals surface area contributed by atoms with Crippen LogP contribution in [0, 0.1) is 0 Å². The number of ether oxygens (including phenoxy) is 1. The second kappa shape index (κ2) is 6.48. The molecule has 3 aromatic rings. The predicted octanol–water partition coefficient (Wildman–Crippen LogP) is 4.22. The van der Waals surface area contributed by atoms with E-state index in [0.717, 1.165) is 34.8 Å². The first kappa shape index (κ1) is 16.5. The molecule has 136 valence electrons. The molecule has 0 spiro atoms. The number of fused-ring (bicyclic) bond motifs is 3. The Bertz CT molecular complexity index is 966. The van der Waals surface area contributed by atoms with E-state index in [0.29, 0.717) is 17.5 Å². The summed E-state index contributed by atoms with van der Waals surface area (Å²) < 4.78 is 8.12. The average molecular weight is 372 g/mol. The van der Waals surface area contributed by atoms with E-state index in [1.807, 2.05) is 24.4 Å². The first-order valence-electron chi connectivity index (χ1n) is 9.43. The van der Waals surface area contributed by atoms with E-state index in [1.54, 1.807) is 0 Å². The van der Waals surface area contributed by atoms with Crippen LogP contribution in [0.5, 0.6) is 0 Å². The van der Waals surface area contributed by atoms with Crippen molar-refractivity contribution >= 4 is 33.5 Å². The fourth-order valence-corrected chi connectivity index (χ4v) is 4.49. The molecule has 1 saturated heterocycles. The fraction of sp³-hybridized carbons (Fsp3) is 0.500. The molecule has 2 aromatic heterocycles. The van der Waals surface area contributed by atoms with Crippen molar-refractivity contribution < 1.29 is 9.84 Å². The van der Waals surface area contributed by atoms with Crippen LogP contribution in [-0.4, -0.2) is 39.0 Å². The van der Waals surface area contributed by atoms with Crippen molar-refractivity contribution in [2.45, 2.75) is 50.2 Å². The molecule has 5 nitrogen and oxygen atoms in total. The van der Waals surface area contributed by atoms with Crippen LogP contribution in [-0.2, 0) is 4.74 Å². The molecule has 1 aromatic carbocycles. The van der Waals surface area contributed by atoms with Crippen molar-refractivity contribution in [1.82, 2.24) is 14.5 Å². The van der Waals surface area contributed by atoms with Gasteiger partial charge in [0.15, 0.2) is 0 Å². The molecule has 0 amide bonds. The molecule has 2 fully saturated rings. The van der Waals surface area contributed by atoms with Crippen molar-refractivity contribution in [1.29, 1.82) is 0 Å². The number of nitrogens with zero attached hydrogens (tertiary/aromatic N) is 3. The number of halogens is 1. The normalized spacial score (nSPS) is 24.2. The van der Waals surface area contributed by atoms with Gasteiger partial charge in [0.25, 0.3) is 0 Å². The Labute approximate surface area is 157 Å². The van der Waals surface area contributed by atoms with Gasteiger partial charge in [-0.2, -0.15) is 0 Å². The summed E-state index contributed by atoms with van der Waals surface area (Å²) in [6, 6.07) is 6.13. The highest BCUT2D eigenvalue weighted by Crippen LogP contribution is 2.42. The Kier molecular flexibility index (Phi) is 4.11. The number of hydrogen-bond acceptors (Lipinski definition) is 4. The van der Waals surface area contributed by atoms with Gasteiger partial charge >= 0.3 is 0 Å². The van der Waals surface area contributed by atoms with Crippen molar-refractivity contribution in [3.8, 4) is 0 Å². The van der Waals surface area contributed by atoms with E-state index >= 15 is 0 Å². The van der Waals surface area contributed by atoms with Gasteiger partial charge in [-0.15, -0.1) is 0 Å². The maximum Gasteiger partial charge on any atom is 0.113 e. The average Bonchev–Trinajstić information content (AvgIpc) is 2.99. The number of imidazole rings is 1. The second-order valence-electron chi connectivity index (χ2n) is 7.47. The van der Waals surface area contributed by atoms with E-state index in [9.17, 15) is 5.11 Å². The Hall–Kier alpha value is -1.69. The molecule has 0 bridgehead atoms. The van der Waals surface area contributed by atoms with Crippen LogP contribution in [0.3, 0.4) is 0 Å². The van der Waals surface area contributed by atoms with E-state index in [2.05, 4.69) is 9.55 Å². The maximum absolute atomic E-state index is 9.59. The van der Waals surface area contributed by atoms with Crippen LogP contribution < -0.4 is 0 Å². The lowest BCUT2D eigenvalue weighted by Gasteiger charge is -2.33. The highest BCUT2D eigenvalue weighted by molar-refractivity contribution is 6.31. The summed E-state index contributed by atoms with van der Waals surface area (Å²) in [6.07, 6.45) is 7.19. The lowest BCUT2D eigenvalue weighted by Crippen LogP contribution is -2.31. The zero-order valence-corrected chi connectivity index (χ0v) is 15.3. The molecule has 1 aliphatic carbocycles. The van der Waals surface area contributed by atoms with Crippen LogP contribution >= 0.6 is 11.6 Å². The van der Waals surface area contributed by atoms with E-state index in [4.69, 9.17) is 21.3 Å². The van der Waals surface area contributed by atoms with Crippen molar-refractivity contribution in [2.75, 3.05) is 13.2 Å². The highest BCUT2D eigenvalue weighted by Gasteiger charge is 2.32. The molecule has 0 radical (unpaired) electrons. The second-order valence-corrected chi connectivity index (χ2v) is 7.91. The molecule has 5 rings (SSSR count). The van der Waals surface area contributed by atoms with Gasteiger partial charge in [-0.3, -0.25) is 4.98 Å². The van der Waals surface area contributed by atoms with E-state index in [-0.39, 0.29) is 18.8 Å². The number of pyridine rings is 1. The van der Waals surface area contributed by atoms with Gasteiger partial charge in [-0.1, -0.05) is 18.0 Å². The number of aliphatic hydroxyl groups excluding tert-OH is 1. The topological polar surface area (TPSA) is 60.2 Å². The van der Waals surface area contributed by atoms with Gasteiger partial charge in [-0.05, 0) is 43.9 Å². The van der Waals surface area contributed by atoms with Gasteiger partial charge in [0, 0.05) is 29.0 Å². The first-order chi connectivity index (χ1) is 12.7. The summed E-state index contributed by atoms with van der Waals surface area (Å²) in [4.78, 5) is 9.58. The largest absolute Gasteiger partial charge is 0.394 e. The number of aliphatic hydroxyl groups is 1. The molecular formula is C20H22ClN3O2. The summed E-state index contributed by atoms with van der Waals surface area (Å²) in [5.41, 5.74) is 3.01. The minimum atomic E-state index is -0.0999. The van der Waals surface area contributed by atoms with Crippen LogP contribution in [0.15, 0.2) is 24.4 Å². The minimum Gasteiger partial charge on any atom is -0.394 e. The van der Waals surface area contributed by atoms with Crippen molar-refractivity contribution in [3.05, 3.63) is 35.2 Å². The smallest absolute Gasteiger partial charge is 0.113 e. The molecule has 0 unspecified atom stereocenters. The maximum atomic E-state index is 9.59. The standard InChI is InChI=1S/C20H22ClN3O2/c21-13-4-5-17-16(8-13)19-18(10-22-17)23-20(12-2-1-3-12)24(19)14-6-7-26-15(9-14)11-25/h4-5,8,10,12,14-15,25H,1-3,6-7,9,11H2/t14-,15+/m1/s1. The fourth-order valence-electron chi connectivity index (χ4n) is 4.31. The Morgan fingerprint density at radius 1 is 1.23 bits per heavy atom. The predicted molar refractivity (Wildman–Crippen MR) is 102 cm³/mol. The number of aromatic nitrogens is 3. The third-order valence-electron chi connectivity index (χ3n) is 5.88. The van der Waals surface area contributed by atoms with Crippen LogP contribution in [0.4, 0.5) is 0 Å². The zero-order chi connectivity index (χ0) is 17.7. The van der Waals surface area contributed by atoms with E-state index < -0.39 is 0 Å². The molecule has 2 atom stereocenters. The summed E-state index contributed by atoms with van der Waals surface area (Å²) in [6.45, 7) is 0.736. The molecule has 26 heavy (non-hydrogen) atoms. The molecule has 1 N–H and O–H groups in total. The number of rotatable bonds is 3. The summed E-state index contributed by atoms with van der Waals surface area (Å²) in [5.74, 6) is 1.69. The highest BCUT2D eigenvalue weighted by atomic mass is 35.5. The van der Waals surface area contributed by atoms with Crippen LogP contribution in [0.25, 0.3) is 21.9 Å². The summed E-state index contributed by atoms with van der Waals surface area (Å²) >= 11 is 6.30. The van der Waals surface area contributed by atoms with Gasteiger partial charge < -0.3 is 14.4 Å². The molecule has 1 saturated carbocycles. The SMILES string of the molecule is OC[C@@H]1C[C@H](n2c(C3CCC3)nc3cnc4ccc(Cl)cc4c32)CCO1. The monoisotopic (exact) mass is 371 g/mol. The van der Waals surface area contributed by atoms with Gasteiger partial charge in [0.05, 0.1) is 29.9 Å². The number of benzene rings is 1. The van der Waals surface area contributed by atoms with Gasteiger partial charge in [-0.25, -0.2) is 4.98 Å². The Morgan fingerprint density at radius 3 is 2.88 bits per heavy atom. The van der Waals surface area contributed by atoms with Crippen LogP contribution in [0.2, 0.25) is 5.02 Å². The first-order valence-corrected chi connectivity index (χ1v) is 9.81. The summed E-state index contributed by atoms with van der Waals surface area (Å²) in [7, 11) is 0. The minimum absolute atomic E-state index is 0.0655. The number of hydrogen-bond donors (Lipinski definition) is 1. The Balaban J connectivity index is 1.75. The lowest BCUT2D eigenvalue weighted by atomic mass is 9.84.